The number of hydrogen-bond acceptors (Lipinski definition) is 0. The number of hydrogen-bond donors (Lipinski definition) is 0. The highest BCUT2D eigenvalue weighted by atomic mass is 15.3. The molecule has 0 aliphatic rings. The summed E-state index contributed by atoms with van der Waals surface area (Å²) in [7, 11) is 6.41. The number of quaternary nitrogens is 1. The summed E-state index contributed by atoms with van der Waals surface area (Å²) in [6, 6.07) is 14.9. The maximum atomic E-state index is 4.18. The van der Waals surface area contributed by atoms with Crippen LogP contribution in [0.1, 0.15) is 5.56 Å². The molecule has 0 spiro atoms. The van der Waals surface area contributed by atoms with Gasteiger partial charge in [0.15, 0.2) is 0 Å². The van der Waals surface area contributed by atoms with Crippen molar-refractivity contribution in [1.29, 1.82) is 0 Å². The minimum atomic E-state index is 0.762. The quantitative estimate of drug-likeness (QED) is 0.668. The molecule has 0 bridgehead atoms. The van der Waals surface area contributed by atoms with Gasteiger partial charge in [0.1, 0.15) is 5.70 Å². The normalized spacial score (nSPS) is 11.7. The van der Waals surface area contributed by atoms with Gasteiger partial charge in [0.2, 0.25) is 0 Å². The summed E-state index contributed by atoms with van der Waals surface area (Å²) in [5.41, 5.74) is 2.34. The molecule has 0 saturated carbocycles. The van der Waals surface area contributed by atoms with Crippen LogP contribution in [0.5, 0.6) is 0 Å². The third-order valence-electron chi connectivity index (χ3n) is 2.89. The first-order valence-electron chi connectivity index (χ1n) is 5.48. The summed E-state index contributed by atoms with van der Waals surface area (Å²) in [5.74, 6) is 0. The van der Waals surface area contributed by atoms with E-state index in [1.807, 2.05) is 0 Å². The second-order valence-corrected chi connectivity index (χ2v) is 5.02. The fraction of sp³-hybridized carbons (Fsp3) is 0.200. The van der Waals surface area contributed by atoms with Crippen LogP contribution in [0.4, 0.5) is 0 Å². The van der Waals surface area contributed by atoms with Crippen molar-refractivity contribution in [3.05, 3.63) is 54.6 Å². The van der Waals surface area contributed by atoms with Crippen molar-refractivity contribution in [2.45, 2.75) is 0 Å². The van der Waals surface area contributed by atoms with Gasteiger partial charge in [-0.25, -0.2) is 0 Å². The molecule has 0 fully saturated rings. The molecule has 82 valence electrons. The van der Waals surface area contributed by atoms with E-state index in [9.17, 15) is 0 Å². The standard InChI is InChI=1S/C15H18N/c1-12(16(2,3)4)14-10-9-13-7-5-6-8-15(13)11-14/h5-11H,1H2,2-4H3/q+1. The first-order chi connectivity index (χ1) is 7.48. The summed E-state index contributed by atoms with van der Waals surface area (Å²) >= 11 is 0. The summed E-state index contributed by atoms with van der Waals surface area (Å²) in [6.07, 6.45) is 0. The summed E-state index contributed by atoms with van der Waals surface area (Å²) < 4.78 is 0.762. The van der Waals surface area contributed by atoms with E-state index >= 15 is 0 Å². The molecule has 0 radical (unpaired) electrons. The molecule has 0 saturated heterocycles. The number of benzene rings is 2. The summed E-state index contributed by atoms with van der Waals surface area (Å²) in [4.78, 5) is 0. The lowest BCUT2D eigenvalue weighted by atomic mass is 10.0. The Morgan fingerprint density at radius 3 is 2.19 bits per heavy atom. The zero-order chi connectivity index (χ0) is 11.8. The Hall–Kier alpha value is -1.60. The average molecular weight is 212 g/mol. The molecule has 0 N–H and O–H groups in total. The average Bonchev–Trinajstić information content (AvgIpc) is 2.26. The molecular weight excluding hydrogens is 194 g/mol. The molecular formula is C15H18N+. The van der Waals surface area contributed by atoms with Crippen molar-refractivity contribution >= 4 is 16.5 Å². The Kier molecular flexibility index (Phi) is 2.56. The lowest BCUT2D eigenvalue weighted by Crippen LogP contribution is -2.31. The first-order valence-corrected chi connectivity index (χ1v) is 5.48. The van der Waals surface area contributed by atoms with Crippen LogP contribution in [0.3, 0.4) is 0 Å². The second-order valence-electron chi connectivity index (χ2n) is 5.02. The van der Waals surface area contributed by atoms with Gasteiger partial charge < -0.3 is 0 Å². The Morgan fingerprint density at radius 2 is 1.56 bits per heavy atom. The van der Waals surface area contributed by atoms with Gasteiger partial charge in [0.25, 0.3) is 0 Å². The minimum absolute atomic E-state index is 0.762. The Morgan fingerprint density at radius 1 is 0.938 bits per heavy atom. The number of rotatable bonds is 2. The van der Waals surface area contributed by atoms with Gasteiger partial charge in [-0.15, -0.1) is 0 Å². The molecule has 16 heavy (non-hydrogen) atoms. The highest BCUT2D eigenvalue weighted by Gasteiger charge is 2.15. The molecule has 1 heteroatoms. The summed E-state index contributed by atoms with van der Waals surface area (Å²) in [6.45, 7) is 4.18. The van der Waals surface area contributed by atoms with E-state index in [1.54, 1.807) is 0 Å². The smallest absolute Gasteiger partial charge is 0.132 e. The van der Waals surface area contributed by atoms with Crippen LogP contribution >= 0.6 is 0 Å². The number of fused-ring (bicyclic) bond motifs is 1. The maximum Gasteiger partial charge on any atom is 0.132 e. The third-order valence-corrected chi connectivity index (χ3v) is 2.89. The minimum Gasteiger partial charge on any atom is -0.298 e. The topological polar surface area (TPSA) is 0 Å². The second kappa shape index (κ2) is 3.76. The maximum absolute atomic E-state index is 4.18. The van der Waals surface area contributed by atoms with Crippen LogP contribution in [-0.2, 0) is 0 Å². The van der Waals surface area contributed by atoms with Crippen LogP contribution in [0.25, 0.3) is 16.5 Å². The molecule has 0 aromatic heterocycles. The van der Waals surface area contributed by atoms with E-state index in [4.69, 9.17) is 0 Å². The van der Waals surface area contributed by atoms with Crippen molar-refractivity contribution in [3.8, 4) is 0 Å². The van der Waals surface area contributed by atoms with E-state index in [0.717, 1.165) is 10.2 Å². The van der Waals surface area contributed by atoms with E-state index in [1.165, 1.54) is 16.3 Å². The van der Waals surface area contributed by atoms with E-state index in [2.05, 4.69) is 70.2 Å². The molecule has 2 aromatic rings. The molecule has 1 nitrogen and oxygen atoms in total. The molecule has 2 aromatic carbocycles. The van der Waals surface area contributed by atoms with Gasteiger partial charge in [0, 0.05) is 5.56 Å². The fourth-order valence-electron chi connectivity index (χ4n) is 1.76. The third kappa shape index (κ3) is 2.00. The summed E-state index contributed by atoms with van der Waals surface area (Å²) in [5, 5.41) is 2.55. The van der Waals surface area contributed by atoms with Crippen LogP contribution < -0.4 is 0 Å². The number of nitrogens with zero attached hydrogens (tertiary/aromatic N) is 1. The van der Waals surface area contributed by atoms with Crippen LogP contribution in [0.2, 0.25) is 0 Å². The molecule has 0 aliphatic heterocycles. The van der Waals surface area contributed by atoms with Crippen molar-refractivity contribution in [3.63, 3.8) is 0 Å². The van der Waals surface area contributed by atoms with E-state index in [0.29, 0.717) is 0 Å². The van der Waals surface area contributed by atoms with E-state index < -0.39 is 0 Å². The highest BCUT2D eigenvalue weighted by molar-refractivity contribution is 5.85. The highest BCUT2D eigenvalue weighted by Crippen LogP contribution is 2.23. The largest absolute Gasteiger partial charge is 0.298 e. The molecule has 0 unspecified atom stereocenters. The zero-order valence-corrected chi connectivity index (χ0v) is 10.2. The Bertz CT molecular complexity index is 532. The van der Waals surface area contributed by atoms with Gasteiger partial charge in [-0.05, 0) is 29.5 Å². The van der Waals surface area contributed by atoms with Gasteiger partial charge in [-0.3, -0.25) is 4.48 Å². The molecule has 0 atom stereocenters. The zero-order valence-electron chi connectivity index (χ0n) is 10.2. The monoisotopic (exact) mass is 212 g/mol. The fourth-order valence-corrected chi connectivity index (χ4v) is 1.76. The molecule has 2 rings (SSSR count). The lowest BCUT2D eigenvalue weighted by Gasteiger charge is -2.25. The van der Waals surface area contributed by atoms with Crippen LogP contribution in [0, 0.1) is 0 Å². The molecule has 0 aliphatic carbocycles. The van der Waals surface area contributed by atoms with Crippen molar-refractivity contribution in [2.75, 3.05) is 21.1 Å². The predicted molar refractivity (Wildman–Crippen MR) is 71.0 cm³/mol. The first kappa shape index (κ1) is 10.9. The van der Waals surface area contributed by atoms with Crippen molar-refractivity contribution in [1.82, 2.24) is 0 Å². The SMILES string of the molecule is C=C(c1ccc2ccccc2c1)[N+](C)(C)C. The molecule has 0 amide bonds. The van der Waals surface area contributed by atoms with Crippen molar-refractivity contribution in [2.24, 2.45) is 0 Å². The Balaban J connectivity index is 2.52. The van der Waals surface area contributed by atoms with Crippen molar-refractivity contribution < 1.29 is 4.48 Å². The van der Waals surface area contributed by atoms with Gasteiger partial charge in [0.05, 0.1) is 21.1 Å². The van der Waals surface area contributed by atoms with Gasteiger partial charge in [-0.1, -0.05) is 30.3 Å². The van der Waals surface area contributed by atoms with Crippen LogP contribution in [0.15, 0.2) is 49.0 Å². The Labute approximate surface area is 97.2 Å². The van der Waals surface area contributed by atoms with Gasteiger partial charge >= 0.3 is 0 Å². The lowest BCUT2D eigenvalue weighted by molar-refractivity contribution is -0.795. The molecule has 0 heterocycles. The predicted octanol–water partition coefficient (Wildman–Crippen LogP) is 3.52. The van der Waals surface area contributed by atoms with Gasteiger partial charge in [-0.2, -0.15) is 0 Å². The van der Waals surface area contributed by atoms with E-state index in [-0.39, 0.29) is 0 Å². The van der Waals surface area contributed by atoms with Crippen LogP contribution in [-0.4, -0.2) is 25.6 Å².